The van der Waals surface area contributed by atoms with E-state index < -0.39 is 18.1 Å². The van der Waals surface area contributed by atoms with Crippen LogP contribution in [0.3, 0.4) is 0 Å². The van der Waals surface area contributed by atoms with E-state index in [1.165, 1.54) is 13.3 Å². The fraction of sp³-hybridized carbons (Fsp3) is 0.364. The molecule has 1 aliphatic rings. The summed E-state index contributed by atoms with van der Waals surface area (Å²) < 4.78 is 0. The van der Waals surface area contributed by atoms with E-state index in [1.807, 2.05) is 30.3 Å². The van der Waals surface area contributed by atoms with Crippen LogP contribution in [0.5, 0.6) is 0 Å². The number of nitrogens with zero attached hydrogens (tertiary/aromatic N) is 4. The number of aromatic nitrogens is 4. The summed E-state index contributed by atoms with van der Waals surface area (Å²) in [5.74, 6) is -0.290. The lowest BCUT2D eigenvalue weighted by atomic mass is 9.88. The largest absolute Gasteiger partial charge is 0.390 e. The highest BCUT2D eigenvalue weighted by atomic mass is 35.5. The number of amides is 1. The monoisotopic (exact) mass is 441 g/mol. The van der Waals surface area contributed by atoms with E-state index in [9.17, 15) is 15.0 Å². The van der Waals surface area contributed by atoms with Crippen molar-refractivity contribution in [3.05, 3.63) is 53.6 Å². The molecule has 3 aromatic rings. The van der Waals surface area contributed by atoms with E-state index in [4.69, 9.17) is 11.6 Å². The van der Waals surface area contributed by atoms with E-state index in [2.05, 4.69) is 20.2 Å². The van der Waals surface area contributed by atoms with Gasteiger partial charge in [0.25, 0.3) is 5.91 Å². The molecular weight excluding hydrogens is 418 g/mol. The highest BCUT2D eigenvalue weighted by Crippen LogP contribution is 2.39. The zero-order chi connectivity index (χ0) is 22.0. The Hall–Kier alpha value is -2.81. The van der Waals surface area contributed by atoms with Crippen molar-refractivity contribution in [2.24, 2.45) is 0 Å². The van der Waals surface area contributed by atoms with Gasteiger partial charge in [-0.25, -0.2) is 9.97 Å². The predicted molar refractivity (Wildman–Crippen MR) is 116 cm³/mol. The van der Waals surface area contributed by atoms with Gasteiger partial charge in [0.1, 0.15) is 12.0 Å². The molecule has 2 unspecified atom stereocenters. The van der Waals surface area contributed by atoms with Crippen LogP contribution in [0.2, 0.25) is 5.02 Å². The first-order chi connectivity index (χ1) is 15.0. The van der Waals surface area contributed by atoms with Gasteiger partial charge in [-0.2, -0.15) is 5.10 Å². The third kappa shape index (κ3) is 4.46. The summed E-state index contributed by atoms with van der Waals surface area (Å²) in [6, 6.07) is 9.35. The summed E-state index contributed by atoms with van der Waals surface area (Å²) in [4.78, 5) is 22.4. The van der Waals surface area contributed by atoms with Gasteiger partial charge in [0.05, 0.1) is 11.8 Å². The minimum absolute atomic E-state index is 0.145. The second-order valence-electron chi connectivity index (χ2n) is 7.75. The molecule has 3 heterocycles. The third-order valence-corrected chi connectivity index (χ3v) is 5.93. The van der Waals surface area contributed by atoms with Crippen molar-refractivity contribution >= 4 is 17.5 Å². The second kappa shape index (κ2) is 9.13. The number of carbonyl (C=O) groups excluding carboxylic acids is 1. The fourth-order valence-electron chi connectivity index (χ4n) is 3.95. The van der Waals surface area contributed by atoms with Crippen molar-refractivity contribution in [3.8, 4) is 22.5 Å². The molecule has 31 heavy (non-hydrogen) atoms. The van der Waals surface area contributed by atoms with E-state index in [-0.39, 0.29) is 5.92 Å². The number of carbonyl (C=O) groups is 1. The van der Waals surface area contributed by atoms with Crippen LogP contribution in [0.25, 0.3) is 22.5 Å². The Kier molecular flexibility index (Phi) is 6.31. The van der Waals surface area contributed by atoms with Crippen molar-refractivity contribution < 1.29 is 15.0 Å². The number of piperidine rings is 1. The van der Waals surface area contributed by atoms with Gasteiger partial charge in [-0.15, -0.1) is 0 Å². The average molecular weight is 442 g/mol. The number of aromatic amines is 1. The number of hydrogen-bond acceptors (Lipinski definition) is 6. The lowest BCUT2D eigenvalue weighted by Crippen LogP contribution is -2.47. The number of hydrogen-bond donors (Lipinski definition) is 3. The Bertz CT molecular complexity index is 1030. The topological polar surface area (TPSA) is 115 Å². The molecule has 8 nitrogen and oxygen atoms in total. The molecule has 4 rings (SSSR count). The SMILES string of the molecule is CC(O)C(O)C(=O)N1CCC(c2[nH]nc(-c3ccc(Cl)cc3)c2-c2ccncn2)CC1. The number of halogens is 1. The summed E-state index contributed by atoms with van der Waals surface area (Å²) in [5, 5.41) is 27.9. The van der Waals surface area contributed by atoms with Gasteiger partial charge in [0.15, 0.2) is 6.10 Å². The summed E-state index contributed by atoms with van der Waals surface area (Å²) in [5.41, 5.74) is 4.36. The molecule has 0 aliphatic carbocycles. The van der Waals surface area contributed by atoms with E-state index in [0.717, 1.165) is 28.2 Å². The molecule has 1 aliphatic heterocycles. The molecule has 0 saturated carbocycles. The van der Waals surface area contributed by atoms with Crippen LogP contribution in [-0.4, -0.2) is 66.5 Å². The van der Waals surface area contributed by atoms with Gasteiger partial charge in [0.2, 0.25) is 0 Å². The number of benzene rings is 1. The maximum Gasteiger partial charge on any atom is 0.254 e. The first-order valence-corrected chi connectivity index (χ1v) is 10.6. The Labute approximate surface area is 184 Å². The van der Waals surface area contributed by atoms with Crippen LogP contribution in [0, 0.1) is 0 Å². The van der Waals surface area contributed by atoms with Gasteiger partial charge >= 0.3 is 0 Å². The van der Waals surface area contributed by atoms with Crippen LogP contribution in [0.15, 0.2) is 42.9 Å². The third-order valence-electron chi connectivity index (χ3n) is 5.67. The second-order valence-corrected chi connectivity index (χ2v) is 8.18. The number of likely N-dealkylation sites (tertiary alicyclic amines) is 1. The maximum atomic E-state index is 12.4. The molecule has 162 valence electrons. The summed E-state index contributed by atoms with van der Waals surface area (Å²) >= 11 is 6.05. The number of rotatable bonds is 5. The fourth-order valence-corrected chi connectivity index (χ4v) is 4.07. The molecule has 0 radical (unpaired) electrons. The molecule has 1 fully saturated rings. The van der Waals surface area contributed by atoms with Crippen molar-refractivity contribution in [2.75, 3.05) is 13.1 Å². The summed E-state index contributed by atoms with van der Waals surface area (Å²) in [6.45, 7) is 2.39. The van der Waals surface area contributed by atoms with Gasteiger partial charge in [-0.1, -0.05) is 23.7 Å². The quantitative estimate of drug-likeness (QED) is 0.560. The van der Waals surface area contributed by atoms with E-state index in [0.29, 0.717) is 31.0 Å². The number of aliphatic hydroxyl groups excluding tert-OH is 2. The van der Waals surface area contributed by atoms with Gasteiger partial charge in [-0.05, 0) is 38.0 Å². The zero-order valence-corrected chi connectivity index (χ0v) is 17.8. The summed E-state index contributed by atoms with van der Waals surface area (Å²) in [7, 11) is 0. The molecule has 2 aromatic heterocycles. The van der Waals surface area contributed by atoms with Crippen molar-refractivity contribution in [1.82, 2.24) is 25.1 Å². The van der Waals surface area contributed by atoms with Crippen LogP contribution >= 0.6 is 11.6 Å². The molecule has 0 spiro atoms. The Morgan fingerprint density at radius 3 is 2.52 bits per heavy atom. The summed E-state index contributed by atoms with van der Waals surface area (Å²) in [6.07, 6.45) is 2.14. The highest BCUT2D eigenvalue weighted by molar-refractivity contribution is 6.30. The van der Waals surface area contributed by atoms with Gasteiger partial charge in [-0.3, -0.25) is 9.89 Å². The minimum atomic E-state index is -1.39. The van der Waals surface area contributed by atoms with Crippen LogP contribution in [0.4, 0.5) is 0 Å². The number of H-pyrrole nitrogens is 1. The van der Waals surface area contributed by atoms with Gasteiger partial charge < -0.3 is 15.1 Å². The van der Waals surface area contributed by atoms with E-state index in [1.54, 1.807) is 11.1 Å². The molecule has 0 bridgehead atoms. The molecule has 1 saturated heterocycles. The first-order valence-electron chi connectivity index (χ1n) is 10.2. The Balaban J connectivity index is 1.62. The molecular formula is C22H24ClN5O3. The lowest BCUT2D eigenvalue weighted by Gasteiger charge is -2.33. The van der Waals surface area contributed by atoms with Crippen LogP contribution in [0.1, 0.15) is 31.4 Å². The first kappa shape index (κ1) is 21.4. The number of aliphatic hydroxyl groups is 2. The van der Waals surface area contributed by atoms with Crippen LogP contribution in [-0.2, 0) is 4.79 Å². The number of nitrogens with one attached hydrogen (secondary N) is 1. The normalized spacial score (nSPS) is 16.8. The van der Waals surface area contributed by atoms with Gasteiger partial charge in [0, 0.05) is 47.0 Å². The zero-order valence-electron chi connectivity index (χ0n) is 17.1. The minimum Gasteiger partial charge on any atom is -0.390 e. The maximum absolute atomic E-state index is 12.4. The van der Waals surface area contributed by atoms with Crippen LogP contribution < -0.4 is 0 Å². The molecule has 9 heteroatoms. The van der Waals surface area contributed by atoms with Crippen molar-refractivity contribution in [2.45, 2.75) is 37.9 Å². The highest BCUT2D eigenvalue weighted by Gasteiger charge is 2.32. The molecule has 2 atom stereocenters. The lowest BCUT2D eigenvalue weighted by molar-refractivity contribution is -0.146. The Morgan fingerprint density at radius 1 is 1.19 bits per heavy atom. The average Bonchev–Trinajstić information content (AvgIpc) is 3.24. The predicted octanol–water partition coefficient (Wildman–Crippen LogP) is 2.63. The molecule has 3 N–H and O–H groups in total. The van der Waals surface area contributed by atoms with Crippen molar-refractivity contribution in [1.29, 1.82) is 0 Å². The van der Waals surface area contributed by atoms with E-state index >= 15 is 0 Å². The standard InChI is InChI=1S/C22H24ClN5O3/c1-13(29)21(30)22(31)28-10-7-15(8-11-28)20-18(17-6-9-24-12-25-17)19(26-27-20)14-2-4-16(23)5-3-14/h2-6,9,12-13,15,21,29-30H,7-8,10-11H2,1H3,(H,26,27). The molecule has 1 amide bonds. The molecule has 1 aromatic carbocycles. The Morgan fingerprint density at radius 2 is 1.90 bits per heavy atom. The smallest absolute Gasteiger partial charge is 0.254 e. The van der Waals surface area contributed by atoms with Crippen molar-refractivity contribution in [3.63, 3.8) is 0 Å².